The van der Waals surface area contributed by atoms with Crippen LogP contribution in [0.4, 0.5) is 0 Å². The third-order valence-electron chi connectivity index (χ3n) is 5.95. The first-order valence-corrected chi connectivity index (χ1v) is 14.1. The molecule has 0 aliphatic heterocycles. The molecule has 166 valence electrons. The van der Waals surface area contributed by atoms with Crippen LogP contribution in [0.3, 0.4) is 0 Å². The minimum Gasteiger partial charge on any atom is -0.288 e. The van der Waals surface area contributed by atoms with Gasteiger partial charge in [0.1, 0.15) is 0 Å². The second kappa shape index (κ2) is 16.8. The monoisotopic (exact) mass is 416 g/mol. The quantitative estimate of drug-likeness (QED) is 0.225. The highest BCUT2D eigenvalue weighted by molar-refractivity contribution is 6.53. The van der Waals surface area contributed by atoms with Gasteiger partial charge >= 0.3 is 0 Å². The second-order valence-corrected chi connectivity index (χ2v) is 10.3. The molecular weight excluding hydrogens is 368 g/mol. The molecule has 0 aliphatic rings. The lowest BCUT2D eigenvalue weighted by Crippen LogP contribution is -2.51. The fourth-order valence-corrected chi connectivity index (χ4v) is 5.87. The summed E-state index contributed by atoms with van der Waals surface area (Å²) >= 11 is 0. The molecule has 0 amide bonds. The van der Waals surface area contributed by atoms with Gasteiger partial charge in [-0.25, -0.2) is 0 Å². The van der Waals surface area contributed by atoms with Crippen molar-refractivity contribution in [3.05, 3.63) is 36.4 Å². The Bertz CT molecular complexity index is 478. The minimum atomic E-state index is -0.279. The van der Waals surface area contributed by atoms with Gasteiger partial charge in [-0.05, 0) is 63.5 Å². The van der Waals surface area contributed by atoms with Crippen molar-refractivity contribution < 1.29 is 0 Å². The molecule has 0 N–H and O–H groups in total. The highest BCUT2D eigenvalue weighted by Crippen LogP contribution is 2.16. The molecule has 0 aliphatic carbocycles. The zero-order valence-corrected chi connectivity index (χ0v) is 21.4. The van der Waals surface area contributed by atoms with Gasteiger partial charge in [0.2, 0.25) is 0 Å². The fraction of sp³-hybridized carbons (Fsp3) is 0.692. The number of hydrogen-bond acceptors (Lipinski definition) is 2. The highest BCUT2D eigenvalue weighted by Gasteiger charge is 2.24. The summed E-state index contributed by atoms with van der Waals surface area (Å²) < 4.78 is 0. The molecule has 29 heavy (non-hydrogen) atoms. The topological polar surface area (TPSA) is 6.48 Å². The Morgan fingerprint density at radius 3 is 1.52 bits per heavy atom. The Labute approximate surface area is 184 Å². The molecule has 0 radical (unpaired) electrons. The van der Waals surface area contributed by atoms with E-state index in [4.69, 9.17) is 0 Å². The van der Waals surface area contributed by atoms with Crippen LogP contribution in [-0.2, 0) is 0 Å². The molecule has 2 nitrogen and oxygen atoms in total. The Morgan fingerprint density at radius 1 is 0.759 bits per heavy atom. The third kappa shape index (κ3) is 10.6. The molecule has 1 rings (SSSR count). The van der Waals surface area contributed by atoms with E-state index in [1.165, 1.54) is 89.2 Å². The van der Waals surface area contributed by atoms with E-state index < -0.39 is 0 Å². The molecule has 0 bridgehead atoms. The number of benzene rings is 1. The summed E-state index contributed by atoms with van der Waals surface area (Å²) in [4.78, 5) is 5.70. The summed E-state index contributed by atoms with van der Waals surface area (Å²) in [6.07, 6.45) is 13.0. The predicted molar refractivity (Wildman–Crippen MR) is 136 cm³/mol. The predicted octanol–water partition coefficient (Wildman–Crippen LogP) is 5.67. The van der Waals surface area contributed by atoms with Gasteiger partial charge in [-0.2, -0.15) is 0 Å². The van der Waals surface area contributed by atoms with E-state index >= 15 is 0 Å². The lowest BCUT2D eigenvalue weighted by atomic mass is 10.2. The van der Waals surface area contributed by atoms with Crippen LogP contribution in [0, 0.1) is 0 Å². The molecule has 0 heterocycles. The fourth-order valence-electron chi connectivity index (χ4n) is 3.98. The van der Waals surface area contributed by atoms with E-state index in [1.807, 2.05) is 6.08 Å². The molecule has 1 aromatic carbocycles. The smallest absolute Gasteiger partial charge is 0.0596 e. The van der Waals surface area contributed by atoms with Crippen molar-refractivity contribution in [1.29, 1.82) is 0 Å². The molecule has 3 heteroatoms. The Morgan fingerprint density at radius 2 is 1.17 bits per heavy atom. The van der Waals surface area contributed by atoms with E-state index in [-0.39, 0.29) is 9.52 Å². The number of unbranched alkanes of at least 4 members (excludes halogenated alkanes) is 4. The lowest BCUT2D eigenvalue weighted by molar-refractivity contribution is 0.0502. The first kappa shape index (κ1) is 26.1. The zero-order valence-electron chi connectivity index (χ0n) is 20.0. The van der Waals surface area contributed by atoms with Crippen molar-refractivity contribution in [1.82, 2.24) is 9.80 Å². The molecule has 0 spiro atoms. The lowest BCUT2D eigenvalue weighted by Gasteiger charge is -2.40. The summed E-state index contributed by atoms with van der Waals surface area (Å²) in [5.74, 6) is 0. The largest absolute Gasteiger partial charge is 0.288 e. The van der Waals surface area contributed by atoms with Crippen molar-refractivity contribution in [3.63, 3.8) is 0 Å². The van der Waals surface area contributed by atoms with Crippen LogP contribution < -0.4 is 5.19 Å². The maximum atomic E-state index is 3.89. The Balaban J connectivity index is 2.97. The standard InChI is InChI=1S/C26H48N2Si/c1-6-11-19-27(20-12-7-2)26(28(21-13-8-3)22-14-9-4)23-29-25-17-15-24(10-5)16-18-25/h10,15-18,26H,5-9,11-14,19-23,29H2,1-4H3. The van der Waals surface area contributed by atoms with Crippen LogP contribution in [-0.4, -0.2) is 51.7 Å². The maximum absolute atomic E-state index is 3.89. The van der Waals surface area contributed by atoms with Crippen molar-refractivity contribution in [2.24, 2.45) is 0 Å². The van der Waals surface area contributed by atoms with Crippen LogP contribution >= 0.6 is 0 Å². The normalized spacial score (nSPS) is 12.1. The minimum absolute atomic E-state index is 0.279. The Kier molecular flexibility index (Phi) is 15.2. The van der Waals surface area contributed by atoms with Crippen molar-refractivity contribution in [3.8, 4) is 0 Å². The van der Waals surface area contributed by atoms with Gasteiger partial charge in [0.15, 0.2) is 0 Å². The number of hydrogen-bond donors (Lipinski definition) is 0. The molecule has 0 fully saturated rings. The first-order valence-electron chi connectivity index (χ1n) is 12.4. The molecule has 1 aromatic rings. The highest BCUT2D eigenvalue weighted by atomic mass is 28.2. The molecule has 0 unspecified atom stereocenters. The van der Waals surface area contributed by atoms with E-state index in [0.717, 1.165) is 0 Å². The molecule has 0 aromatic heterocycles. The maximum Gasteiger partial charge on any atom is 0.0596 e. The van der Waals surface area contributed by atoms with E-state index in [2.05, 4.69) is 68.3 Å². The van der Waals surface area contributed by atoms with E-state index in [1.54, 1.807) is 5.19 Å². The first-order chi connectivity index (χ1) is 14.2. The summed E-state index contributed by atoms with van der Waals surface area (Å²) in [5, 5.41) is 1.59. The Hall–Kier alpha value is -0.903. The van der Waals surface area contributed by atoms with Crippen LogP contribution in [0.25, 0.3) is 6.08 Å². The van der Waals surface area contributed by atoms with Gasteiger partial charge in [-0.15, -0.1) is 0 Å². The molecule has 0 saturated heterocycles. The second-order valence-electron chi connectivity index (χ2n) is 8.45. The number of nitrogens with zero attached hydrogens (tertiary/aromatic N) is 2. The average Bonchev–Trinajstić information content (AvgIpc) is 2.76. The van der Waals surface area contributed by atoms with Gasteiger partial charge in [-0.1, -0.05) is 95.5 Å². The number of rotatable bonds is 18. The van der Waals surface area contributed by atoms with Crippen LogP contribution in [0.15, 0.2) is 30.8 Å². The molecular formula is C26H48N2Si. The zero-order chi connectivity index (χ0) is 21.3. The summed E-state index contributed by atoms with van der Waals surface area (Å²) in [7, 11) is -0.279. The summed E-state index contributed by atoms with van der Waals surface area (Å²) in [5.41, 5.74) is 1.24. The van der Waals surface area contributed by atoms with Crippen LogP contribution in [0.1, 0.15) is 84.6 Å². The van der Waals surface area contributed by atoms with Gasteiger partial charge < -0.3 is 0 Å². The van der Waals surface area contributed by atoms with Gasteiger partial charge in [-0.3, -0.25) is 9.80 Å². The van der Waals surface area contributed by atoms with Crippen molar-refractivity contribution in [2.45, 2.75) is 91.3 Å². The SMILES string of the molecule is C=Cc1ccc([SiH2]CC(N(CCCC)CCCC)N(CCCC)CCCC)cc1. The van der Waals surface area contributed by atoms with E-state index in [9.17, 15) is 0 Å². The van der Waals surface area contributed by atoms with Crippen molar-refractivity contribution >= 4 is 20.8 Å². The van der Waals surface area contributed by atoms with Crippen LogP contribution in [0.2, 0.25) is 6.04 Å². The van der Waals surface area contributed by atoms with E-state index in [0.29, 0.717) is 6.17 Å². The van der Waals surface area contributed by atoms with Gasteiger partial charge in [0.05, 0.1) is 15.7 Å². The van der Waals surface area contributed by atoms with Gasteiger partial charge in [0.25, 0.3) is 0 Å². The summed E-state index contributed by atoms with van der Waals surface area (Å²) in [6, 6.07) is 10.6. The summed E-state index contributed by atoms with van der Waals surface area (Å²) in [6.45, 7) is 18.3. The van der Waals surface area contributed by atoms with Crippen LogP contribution in [0.5, 0.6) is 0 Å². The van der Waals surface area contributed by atoms with Crippen molar-refractivity contribution in [2.75, 3.05) is 26.2 Å². The van der Waals surface area contributed by atoms with Gasteiger partial charge in [0, 0.05) is 0 Å². The molecule has 0 saturated carbocycles. The molecule has 0 atom stereocenters. The average molecular weight is 417 g/mol. The third-order valence-corrected chi connectivity index (χ3v) is 7.80.